The van der Waals surface area contributed by atoms with Crippen molar-refractivity contribution in [2.24, 2.45) is 29.4 Å². The molecule has 3 N–H and O–H groups in total. The van der Waals surface area contributed by atoms with Crippen LogP contribution in [0.5, 0.6) is 0 Å². The summed E-state index contributed by atoms with van der Waals surface area (Å²) in [4.78, 5) is 12.0. The molecule has 0 radical (unpaired) electrons. The van der Waals surface area contributed by atoms with E-state index in [0.29, 0.717) is 11.8 Å². The second-order valence-corrected chi connectivity index (χ2v) is 7.26. The molecule has 2 saturated carbocycles. The molecule has 3 nitrogen and oxygen atoms in total. The molecule has 0 spiro atoms. The highest BCUT2D eigenvalue weighted by atomic mass is 16.1. The first-order chi connectivity index (χ1) is 9.67. The molecule has 116 valence electrons. The third kappa shape index (κ3) is 5.08. The predicted octanol–water partition coefficient (Wildman–Crippen LogP) is 3.08. The van der Waals surface area contributed by atoms with E-state index in [-0.39, 0.29) is 5.91 Å². The van der Waals surface area contributed by atoms with Crippen LogP contribution in [0, 0.1) is 23.7 Å². The molecule has 2 aliphatic carbocycles. The zero-order valence-electron chi connectivity index (χ0n) is 13.1. The summed E-state index contributed by atoms with van der Waals surface area (Å²) in [7, 11) is 0. The number of hydrogen-bond donors (Lipinski definition) is 2. The van der Waals surface area contributed by atoms with Crippen molar-refractivity contribution in [3.05, 3.63) is 0 Å². The van der Waals surface area contributed by atoms with Crippen LogP contribution in [0.3, 0.4) is 0 Å². The maximum atomic E-state index is 12.0. The third-order valence-electron chi connectivity index (χ3n) is 5.50. The lowest BCUT2D eigenvalue weighted by Gasteiger charge is -2.28. The first kappa shape index (κ1) is 15.8. The minimum atomic E-state index is 0.278. The van der Waals surface area contributed by atoms with Crippen molar-refractivity contribution in [3.8, 4) is 0 Å². The molecule has 2 rings (SSSR count). The highest BCUT2D eigenvalue weighted by molar-refractivity contribution is 5.76. The maximum absolute atomic E-state index is 12.0. The Kier molecular flexibility index (Phi) is 6.34. The van der Waals surface area contributed by atoms with Crippen molar-refractivity contribution in [2.45, 2.75) is 64.7 Å². The van der Waals surface area contributed by atoms with E-state index in [4.69, 9.17) is 5.73 Å². The third-order valence-corrected chi connectivity index (χ3v) is 5.50. The Balaban J connectivity index is 1.59. The SMILES string of the molecule is CC1CCC(CNC(=O)CC2CCC(CN)CC2)CC1. The molecule has 0 heterocycles. The first-order valence-electron chi connectivity index (χ1n) is 8.64. The van der Waals surface area contributed by atoms with Gasteiger partial charge in [-0.2, -0.15) is 0 Å². The van der Waals surface area contributed by atoms with Crippen LogP contribution >= 0.6 is 0 Å². The van der Waals surface area contributed by atoms with E-state index in [1.165, 1.54) is 51.4 Å². The van der Waals surface area contributed by atoms with Crippen LogP contribution in [0.25, 0.3) is 0 Å². The number of rotatable bonds is 5. The Morgan fingerprint density at radius 2 is 1.50 bits per heavy atom. The Hall–Kier alpha value is -0.570. The van der Waals surface area contributed by atoms with Gasteiger partial charge >= 0.3 is 0 Å². The fraction of sp³-hybridized carbons (Fsp3) is 0.941. The van der Waals surface area contributed by atoms with E-state index in [0.717, 1.165) is 31.3 Å². The average Bonchev–Trinajstić information content (AvgIpc) is 2.47. The van der Waals surface area contributed by atoms with Crippen molar-refractivity contribution >= 4 is 5.91 Å². The summed E-state index contributed by atoms with van der Waals surface area (Å²) in [5, 5.41) is 3.18. The molecule has 2 fully saturated rings. The van der Waals surface area contributed by atoms with Crippen LogP contribution in [-0.4, -0.2) is 19.0 Å². The van der Waals surface area contributed by atoms with Crippen LogP contribution in [0.4, 0.5) is 0 Å². The van der Waals surface area contributed by atoms with Crippen molar-refractivity contribution in [3.63, 3.8) is 0 Å². The molecular weight excluding hydrogens is 248 g/mol. The van der Waals surface area contributed by atoms with Crippen LogP contribution in [0.15, 0.2) is 0 Å². The van der Waals surface area contributed by atoms with Crippen molar-refractivity contribution < 1.29 is 4.79 Å². The number of amides is 1. The fourth-order valence-corrected chi connectivity index (χ4v) is 3.80. The molecule has 0 aromatic carbocycles. The van der Waals surface area contributed by atoms with Gasteiger partial charge in [-0.25, -0.2) is 0 Å². The molecule has 0 atom stereocenters. The number of carbonyl (C=O) groups excluding carboxylic acids is 1. The Morgan fingerprint density at radius 1 is 0.950 bits per heavy atom. The first-order valence-corrected chi connectivity index (χ1v) is 8.64. The Bertz CT molecular complexity index is 289. The lowest BCUT2D eigenvalue weighted by Crippen LogP contribution is -2.33. The van der Waals surface area contributed by atoms with E-state index >= 15 is 0 Å². The zero-order valence-corrected chi connectivity index (χ0v) is 13.1. The predicted molar refractivity (Wildman–Crippen MR) is 83.3 cm³/mol. The molecule has 0 unspecified atom stereocenters. The van der Waals surface area contributed by atoms with Gasteiger partial charge in [-0.05, 0) is 68.7 Å². The van der Waals surface area contributed by atoms with Gasteiger partial charge in [-0.3, -0.25) is 4.79 Å². The normalized spacial score (nSPS) is 34.7. The van der Waals surface area contributed by atoms with Gasteiger partial charge in [0.25, 0.3) is 0 Å². The van der Waals surface area contributed by atoms with Crippen LogP contribution < -0.4 is 11.1 Å². The summed E-state index contributed by atoms with van der Waals surface area (Å²) in [6.45, 7) is 4.06. The van der Waals surface area contributed by atoms with Gasteiger partial charge in [0.2, 0.25) is 5.91 Å². The smallest absolute Gasteiger partial charge is 0.220 e. The van der Waals surface area contributed by atoms with E-state index < -0.39 is 0 Å². The molecule has 0 aliphatic heterocycles. The summed E-state index contributed by atoms with van der Waals surface area (Å²) >= 11 is 0. The molecule has 0 aromatic rings. The molecule has 20 heavy (non-hydrogen) atoms. The van der Waals surface area contributed by atoms with Crippen molar-refractivity contribution in [1.82, 2.24) is 5.32 Å². The summed E-state index contributed by atoms with van der Waals surface area (Å²) in [5.74, 6) is 3.20. The minimum absolute atomic E-state index is 0.278. The lowest BCUT2D eigenvalue weighted by atomic mass is 9.80. The second-order valence-electron chi connectivity index (χ2n) is 7.26. The molecular formula is C17H32N2O. The summed E-state index contributed by atoms with van der Waals surface area (Å²) in [6.07, 6.45) is 10.8. The fourth-order valence-electron chi connectivity index (χ4n) is 3.80. The molecule has 2 aliphatic rings. The van der Waals surface area contributed by atoms with Gasteiger partial charge < -0.3 is 11.1 Å². The van der Waals surface area contributed by atoms with Gasteiger partial charge in [0.05, 0.1) is 0 Å². The van der Waals surface area contributed by atoms with Crippen LogP contribution in [0.2, 0.25) is 0 Å². The van der Waals surface area contributed by atoms with Crippen LogP contribution in [-0.2, 0) is 4.79 Å². The van der Waals surface area contributed by atoms with Crippen LogP contribution in [0.1, 0.15) is 64.7 Å². The highest BCUT2D eigenvalue weighted by Crippen LogP contribution is 2.30. The molecule has 1 amide bonds. The van der Waals surface area contributed by atoms with Crippen molar-refractivity contribution in [2.75, 3.05) is 13.1 Å². The van der Waals surface area contributed by atoms with E-state index in [2.05, 4.69) is 12.2 Å². The van der Waals surface area contributed by atoms with Gasteiger partial charge in [-0.15, -0.1) is 0 Å². The lowest BCUT2D eigenvalue weighted by molar-refractivity contribution is -0.122. The quantitative estimate of drug-likeness (QED) is 0.813. The molecule has 0 bridgehead atoms. The standard InChI is InChI=1S/C17H32N2O/c1-13-2-4-16(5-3-13)12-19-17(20)10-14-6-8-15(11-18)9-7-14/h13-16H,2-12,18H2,1H3,(H,19,20). The number of nitrogens with one attached hydrogen (secondary N) is 1. The number of nitrogens with two attached hydrogens (primary N) is 1. The average molecular weight is 280 g/mol. The molecule has 0 aromatic heterocycles. The highest BCUT2D eigenvalue weighted by Gasteiger charge is 2.23. The number of carbonyl (C=O) groups is 1. The van der Waals surface area contributed by atoms with Gasteiger partial charge in [0.1, 0.15) is 0 Å². The van der Waals surface area contributed by atoms with E-state index in [9.17, 15) is 4.79 Å². The maximum Gasteiger partial charge on any atom is 0.220 e. The summed E-state index contributed by atoms with van der Waals surface area (Å²) < 4.78 is 0. The molecule has 0 saturated heterocycles. The van der Waals surface area contributed by atoms with E-state index in [1.54, 1.807) is 0 Å². The Labute approximate surface area is 124 Å². The van der Waals surface area contributed by atoms with E-state index in [1.807, 2.05) is 0 Å². The summed E-state index contributed by atoms with van der Waals surface area (Å²) in [5.41, 5.74) is 5.71. The molecule has 3 heteroatoms. The van der Waals surface area contributed by atoms with Crippen molar-refractivity contribution in [1.29, 1.82) is 0 Å². The monoisotopic (exact) mass is 280 g/mol. The number of hydrogen-bond acceptors (Lipinski definition) is 2. The largest absolute Gasteiger partial charge is 0.356 e. The minimum Gasteiger partial charge on any atom is -0.356 e. The van der Waals surface area contributed by atoms with Gasteiger partial charge in [-0.1, -0.05) is 19.8 Å². The van der Waals surface area contributed by atoms with Gasteiger partial charge in [0, 0.05) is 13.0 Å². The topological polar surface area (TPSA) is 55.1 Å². The van der Waals surface area contributed by atoms with Gasteiger partial charge in [0.15, 0.2) is 0 Å². The Morgan fingerprint density at radius 3 is 2.10 bits per heavy atom. The zero-order chi connectivity index (χ0) is 14.4. The summed E-state index contributed by atoms with van der Waals surface area (Å²) in [6, 6.07) is 0. The second kappa shape index (κ2) is 8.02.